The molecule has 4 aromatic carbocycles. The quantitative estimate of drug-likeness (QED) is 0.267. The number of aryl methyl sites for hydroxylation is 4. The Bertz CT molecular complexity index is 1420. The first kappa shape index (κ1) is 23.2. The zero-order chi connectivity index (χ0) is 25.1. The molecule has 0 saturated heterocycles. The normalized spacial score (nSPS) is 14.0. The second-order valence-electron chi connectivity index (χ2n) is 9.39. The van der Waals surface area contributed by atoms with Crippen LogP contribution in [0.5, 0.6) is 11.5 Å². The van der Waals surface area contributed by atoms with Crippen molar-refractivity contribution in [3.63, 3.8) is 0 Å². The number of nitrogens with one attached hydrogen (secondary N) is 1. The van der Waals surface area contributed by atoms with E-state index in [0.717, 1.165) is 38.0 Å². The van der Waals surface area contributed by atoms with Gasteiger partial charge in [-0.3, -0.25) is 4.79 Å². The highest BCUT2D eigenvalue weighted by Crippen LogP contribution is 2.50. The molecule has 0 spiro atoms. The van der Waals surface area contributed by atoms with Crippen molar-refractivity contribution in [1.29, 1.82) is 0 Å². The van der Waals surface area contributed by atoms with Gasteiger partial charge < -0.3 is 15.5 Å². The number of carbonyl (C=O) groups is 1. The SMILES string of the molecule is Cc1cc(C2(c3cc(C)c(O)c(C)c3)C(=O)Nc3cc(-c4cccc(Br)c4)ccc32)cc(C)c1O. The number of halogens is 1. The summed E-state index contributed by atoms with van der Waals surface area (Å²) in [6, 6.07) is 21.7. The van der Waals surface area contributed by atoms with Crippen molar-refractivity contribution >= 4 is 27.5 Å². The monoisotopic (exact) mass is 527 g/mol. The summed E-state index contributed by atoms with van der Waals surface area (Å²) in [6.07, 6.45) is 0. The summed E-state index contributed by atoms with van der Waals surface area (Å²) in [7, 11) is 0. The molecule has 5 heteroatoms. The van der Waals surface area contributed by atoms with Gasteiger partial charge in [0, 0.05) is 15.7 Å². The first-order valence-corrected chi connectivity index (χ1v) is 12.3. The number of fused-ring (bicyclic) bond motifs is 1. The number of rotatable bonds is 3. The highest BCUT2D eigenvalue weighted by Gasteiger charge is 2.50. The molecule has 5 rings (SSSR count). The number of phenols is 2. The predicted octanol–water partition coefficient (Wildman–Crippen LogP) is 7.05. The van der Waals surface area contributed by atoms with Crippen molar-refractivity contribution in [2.45, 2.75) is 33.1 Å². The van der Waals surface area contributed by atoms with E-state index in [-0.39, 0.29) is 17.4 Å². The van der Waals surface area contributed by atoms with Gasteiger partial charge in [0.1, 0.15) is 16.9 Å². The molecule has 176 valence electrons. The van der Waals surface area contributed by atoms with Crippen LogP contribution >= 0.6 is 15.9 Å². The molecule has 35 heavy (non-hydrogen) atoms. The van der Waals surface area contributed by atoms with Crippen LogP contribution in [-0.4, -0.2) is 16.1 Å². The van der Waals surface area contributed by atoms with Crippen LogP contribution in [0.2, 0.25) is 0 Å². The zero-order valence-electron chi connectivity index (χ0n) is 20.0. The Morgan fingerprint density at radius 1 is 0.714 bits per heavy atom. The van der Waals surface area contributed by atoms with Crippen LogP contribution in [0.25, 0.3) is 11.1 Å². The standard InChI is InChI=1S/C30H26BrNO3/c1-16-10-22(11-17(2)27(16)33)30(23-12-18(3)28(34)19(4)13-23)25-9-8-21(15-26(25)32-29(30)35)20-6-5-7-24(31)14-20/h5-15,33-34H,1-4H3,(H,32,35). The number of amides is 1. The topological polar surface area (TPSA) is 69.6 Å². The molecule has 0 radical (unpaired) electrons. The molecule has 0 atom stereocenters. The van der Waals surface area contributed by atoms with Crippen molar-refractivity contribution in [2.24, 2.45) is 0 Å². The van der Waals surface area contributed by atoms with Crippen LogP contribution in [-0.2, 0) is 10.2 Å². The van der Waals surface area contributed by atoms with E-state index in [1.54, 1.807) is 0 Å². The molecular weight excluding hydrogens is 502 g/mol. The van der Waals surface area contributed by atoms with Crippen molar-refractivity contribution in [3.05, 3.63) is 110 Å². The minimum atomic E-state index is -1.13. The summed E-state index contributed by atoms with van der Waals surface area (Å²) in [5.41, 5.74) is 6.89. The highest BCUT2D eigenvalue weighted by molar-refractivity contribution is 9.10. The van der Waals surface area contributed by atoms with Gasteiger partial charge in [0.15, 0.2) is 0 Å². The van der Waals surface area contributed by atoms with E-state index in [4.69, 9.17) is 0 Å². The molecule has 3 N–H and O–H groups in total. The van der Waals surface area contributed by atoms with E-state index in [9.17, 15) is 15.0 Å². The van der Waals surface area contributed by atoms with Crippen LogP contribution in [0.3, 0.4) is 0 Å². The van der Waals surface area contributed by atoms with Gasteiger partial charge in [-0.2, -0.15) is 0 Å². The lowest BCUT2D eigenvalue weighted by Gasteiger charge is -2.31. The number of carbonyl (C=O) groups excluding carboxylic acids is 1. The Morgan fingerprint density at radius 2 is 1.23 bits per heavy atom. The maximum atomic E-state index is 14.0. The summed E-state index contributed by atoms with van der Waals surface area (Å²) in [4.78, 5) is 14.0. The third-order valence-electron chi connectivity index (χ3n) is 7.02. The van der Waals surface area contributed by atoms with Crippen molar-refractivity contribution < 1.29 is 15.0 Å². The smallest absolute Gasteiger partial charge is 0.244 e. The summed E-state index contributed by atoms with van der Waals surface area (Å²) in [6.45, 7) is 7.38. The van der Waals surface area contributed by atoms with Gasteiger partial charge >= 0.3 is 0 Å². The van der Waals surface area contributed by atoms with Gasteiger partial charge in [-0.15, -0.1) is 0 Å². The Kier molecular flexibility index (Phi) is 5.48. The molecule has 0 unspecified atom stereocenters. The summed E-state index contributed by atoms with van der Waals surface area (Å²) < 4.78 is 0.985. The lowest BCUT2D eigenvalue weighted by molar-refractivity contribution is -0.118. The van der Waals surface area contributed by atoms with E-state index in [0.29, 0.717) is 22.3 Å². The van der Waals surface area contributed by atoms with Gasteiger partial charge in [-0.05, 0) is 90.4 Å². The van der Waals surface area contributed by atoms with Gasteiger partial charge in [0.05, 0.1) is 0 Å². The molecule has 4 nitrogen and oxygen atoms in total. The molecule has 1 heterocycles. The van der Waals surface area contributed by atoms with Gasteiger partial charge in [-0.25, -0.2) is 0 Å². The average molecular weight is 528 g/mol. The Hall–Kier alpha value is -3.57. The van der Waals surface area contributed by atoms with Crippen LogP contribution in [0.15, 0.2) is 71.2 Å². The van der Waals surface area contributed by atoms with Gasteiger partial charge in [0.2, 0.25) is 5.91 Å². The lowest BCUT2D eigenvalue weighted by atomic mass is 9.68. The molecule has 0 bridgehead atoms. The van der Waals surface area contributed by atoms with E-state index >= 15 is 0 Å². The van der Waals surface area contributed by atoms with Crippen LogP contribution in [0.4, 0.5) is 5.69 Å². The summed E-state index contributed by atoms with van der Waals surface area (Å²) in [5, 5.41) is 24.1. The van der Waals surface area contributed by atoms with Crippen molar-refractivity contribution in [1.82, 2.24) is 0 Å². The largest absolute Gasteiger partial charge is 0.507 e. The summed E-state index contributed by atoms with van der Waals surface area (Å²) >= 11 is 3.54. The van der Waals surface area contributed by atoms with E-state index in [2.05, 4.69) is 21.2 Å². The van der Waals surface area contributed by atoms with E-state index < -0.39 is 5.41 Å². The van der Waals surface area contributed by atoms with Crippen LogP contribution in [0, 0.1) is 27.7 Å². The number of aromatic hydroxyl groups is 2. The second kappa shape index (κ2) is 8.28. The molecule has 0 aromatic heterocycles. The first-order chi connectivity index (χ1) is 16.6. The van der Waals surface area contributed by atoms with Gasteiger partial charge in [0.25, 0.3) is 0 Å². The minimum absolute atomic E-state index is 0.159. The van der Waals surface area contributed by atoms with E-state index in [1.165, 1.54) is 0 Å². The Balaban J connectivity index is 1.82. The minimum Gasteiger partial charge on any atom is -0.507 e. The summed E-state index contributed by atoms with van der Waals surface area (Å²) in [5.74, 6) is 0.295. The lowest BCUT2D eigenvalue weighted by Crippen LogP contribution is -2.37. The molecular formula is C30H26BrNO3. The van der Waals surface area contributed by atoms with Crippen LogP contribution in [0.1, 0.15) is 38.9 Å². The van der Waals surface area contributed by atoms with Crippen molar-refractivity contribution in [3.8, 4) is 22.6 Å². The maximum absolute atomic E-state index is 14.0. The average Bonchev–Trinajstić information content (AvgIpc) is 3.12. The number of phenolic OH excluding ortho intramolecular Hbond substituents is 2. The zero-order valence-corrected chi connectivity index (χ0v) is 21.6. The fourth-order valence-electron chi connectivity index (χ4n) is 5.25. The third-order valence-corrected chi connectivity index (χ3v) is 7.51. The third kappa shape index (κ3) is 3.53. The molecule has 0 saturated carbocycles. The van der Waals surface area contributed by atoms with Crippen molar-refractivity contribution in [2.75, 3.05) is 5.32 Å². The fraction of sp³-hybridized carbons (Fsp3) is 0.167. The van der Waals surface area contributed by atoms with Crippen LogP contribution < -0.4 is 5.32 Å². The number of hydrogen-bond donors (Lipinski definition) is 3. The second-order valence-corrected chi connectivity index (χ2v) is 10.3. The Labute approximate surface area is 213 Å². The molecule has 1 aliphatic rings. The molecule has 4 aromatic rings. The molecule has 0 aliphatic carbocycles. The first-order valence-electron chi connectivity index (χ1n) is 11.5. The molecule has 1 amide bonds. The van der Waals surface area contributed by atoms with Gasteiger partial charge in [-0.1, -0.05) is 64.5 Å². The molecule has 1 aliphatic heterocycles. The number of benzene rings is 4. The predicted molar refractivity (Wildman–Crippen MR) is 143 cm³/mol. The number of hydrogen-bond acceptors (Lipinski definition) is 3. The maximum Gasteiger partial charge on any atom is 0.244 e. The Morgan fingerprint density at radius 3 is 1.74 bits per heavy atom. The fourth-order valence-corrected chi connectivity index (χ4v) is 5.64. The molecule has 0 fully saturated rings. The van der Waals surface area contributed by atoms with E-state index in [1.807, 2.05) is 94.4 Å². The highest BCUT2D eigenvalue weighted by atomic mass is 79.9. The number of anilines is 1.